The number of carbonyl (C=O) groups is 1. The predicted octanol–water partition coefficient (Wildman–Crippen LogP) is 1.47. The van der Waals surface area contributed by atoms with E-state index >= 15 is 0 Å². The largest absolute Gasteiger partial charge is 0.365 e. The first-order valence-corrected chi connectivity index (χ1v) is 9.12. The maximum Gasteiger partial charge on any atom is 0.259 e. The fraction of sp³-hybridized carbons (Fsp3) is 0.267. The van der Waals surface area contributed by atoms with Crippen LogP contribution in [0.25, 0.3) is 0 Å². The van der Waals surface area contributed by atoms with Crippen molar-refractivity contribution in [3.63, 3.8) is 0 Å². The Morgan fingerprint density at radius 2 is 1.83 bits per heavy atom. The van der Waals surface area contributed by atoms with Gasteiger partial charge in [0.1, 0.15) is 11.6 Å². The number of nitrogens with one attached hydrogen (secondary N) is 2. The number of sulfone groups is 1. The average molecular weight is 350 g/mol. The summed E-state index contributed by atoms with van der Waals surface area (Å²) >= 11 is 0. The van der Waals surface area contributed by atoms with Crippen LogP contribution < -0.4 is 10.6 Å². The first-order chi connectivity index (χ1) is 11.4. The Morgan fingerprint density at radius 1 is 1.12 bits per heavy atom. The van der Waals surface area contributed by atoms with Gasteiger partial charge < -0.3 is 10.6 Å². The Labute approximate surface area is 138 Å². The minimum absolute atomic E-state index is 0.0699. The quantitative estimate of drug-likeness (QED) is 0.866. The molecule has 0 aliphatic carbocycles. The van der Waals surface area contributed by atoms with Crippen molar-refractivity contribution < 1.29 is 17.6 Å². The number of rotatable bonds is 4. The van der Waals surface area contributed by atoms with Crippen LogP contribution in [0.3, 0.4) is 0 Å². The van der Waals surface area contributed by atoms with Gasteiger partial charge in [-0.1, -0.05) is 12.1 Å². The molecule has 1 amide bonds. The van der Waals surface area contributed by atoms with E-state index in [0.717, 1.165) is 0 Å². The Kier molecular flexibility index (Phi) is 4.43. The highest BCUT2D eigenvalue weighted by Crippen LogP contribution is 2.16. The normalized spacial score (nSPS) is 19.0. The molecule has 1 unspecified atom stereocenters. The number of nitrogens with zero attached hydrogens (tertiary/aromatic N) is 2. The van der Waals surface area contributed by atoms with Crippen molar-refractivity contribution in [2.75, 3.05) is 22.1 Å². The van der Waals surface area contributed by atoms with Gasteiger partial charge in [-0.2, -0.15) is 0 Å². The van der Waals surface area contributed by atoms with E-state index in [2.05, 4.69) is 20.8 Å². The van der Waals surface area contributed by atoms with E-state index in [9.17, 15) is 17.6 Å². The van der Waals surface area contributed by atoms with Crippen molar-refractivity contribution in [2.24, 2.45) is 0 Å². The molecule has 7 nitrogen and oxygen atoms in total. The molecular weight excluding hydrogens is 335 g/mol. The Hall–Kier alpha value is -2.55. The molecule has 1 aromatic heterocycles. The molecule has 2 heterocycles. The number of hydrogen-bond acceptors (Lipinski definition) is 6. The van der Waals surface area contributed by atoms with Crippen molar-refractivity contribution in [1.82, 2.24) is 10.2 Å². The monoisotopic (exact) mass is 350 g/mol. The third-order valence-corrected chi connectivity index (χ3v) is 5.38. The number of carbonyl (C=O) groups excluding carboxylic acids is 1. The third kappa shape index (κ3) is 3.85. The summed E-state index contributed by atoms with van der Waals surface area (Å²) in [7, 11) is -2.98. The molecule has 1 aliphatic heterocycles. The second-order valence-electron chi connectivity index (χ2n) is 5.48. The van der Waals surface area contributed by atoms with Crippen molar-refractivity contribution in [3.8, 4) is 0 Å². The molecule has 126 valence electrons. The highest BCUT2D eigenvalue weighted by molar-refractivity contribution is 7.91. The van der Waals surface area contributed by atoms with E-state index in [0.29, 0.717) is 12.2 Å². The Morgan fingerprint density at radius 3 is 2.46 bits per heavy atom. The maximum atomic E-state index is 13.5. The van der Waals surface area contributed by atoms with Crippen molar-refractivity contribution in [1.29, 1.82) is 0 Å². The molecule has 2 aromatic rings. The topological polar surface area (TPSA) is 101 Å². The van der Waals surface area contributed by atoms with E-state index in [1.807, 2.05) is 0 Å². The van der Waals surface area contributed by atoms with Gasteiger partial charge in [0, 0.05) is 6.04 Å². The number of anilines is 2. The summed E-state index contributed by atoms with van der Waals surface area (Å²) in [5.74, 6) is -0.419. The first-order valence-electron chi connectivity index (χ1n) is 7.29. The predicted molar refractivity (Wildman–Crippen MR) is 87.1 cm³/mol. The lowest BCUT2D eigenvalue weighted by atomic mass is 10.2. The summed E-state index contributed by atoms with van der Waals surface area (Å²) in [5.41, 5.74) is -0.0855. The van der Waals surface area contributed by atoms with E-state index in [-0.39, 0.29) is 28.9 Å². The number of hydrogen-bond donors (Lipinski definition) is 2. The fourth-order valence-corrected chi connectivity index (χ4v) is 4.10. The second-order valence-corrected chi connectivity index (χ2v) is 7.71. The van der Waals surface area contributed by atoms with Crippen molar-refractivity contribution in [2.45, 2.75) is 12.5 Å². The molecule has 0 bridgehead atoms. The van der Waals surface area contributed by atoms with Crippen LogP contribution in [0.4, 0.5) is 16.0 Å². The summed E-state index contributed by atoms with van der Waals surface area (Å²) in [6.45, 7) is 0. The Bertz CT molecular complexity index is 855. The lowest BCUT2D eigenvalue weighted by molar-refractivity contribution is 0.102. The summed E-state index contributed by atoms with van der Waals surface area (Å²) in [4.78, 5) is 12.0. The van der Waals surface area contributed by atoms with Crippen LogP contribution >= 0.6 is 0 Å². The number of benzene rings is 1. The van der Waals surface area contributed by atoms with Gasteiger partial charge >= 0.3 is 0 Å². The lowest BCUT2D eigenvalue weighted by Gasteiger charge is -2.11. The van der Waals surface area contributed by atoms with Gasteiger partial charge in [-0.25, -0.2) is 12.8 Å². The number of halogens is 1. The van der Waals surface area contributed by atoms with Crippen LogP contribution in [0.5, 0.6) is 0 Å². The van der Waals surface area contributed by atoms with Gasteiger partial charge in [0.15, 0.2) is 15.7 Å². The van der Waals surface area contributed by atoms with Crippen LogP contribution in [0, 0.1) is 5.82 Å². The summed E-state index contributed by atoms with van der Waals surface area (Å²) < 4.78 is 36.4. The molecule has 9 heteroatoms. The summed E-state index contributed by atoms with van der Waals surface area (Å²) in [6, 6.07) is 8.52. The highest BCUT2D eigenvalue weighted by Gasteiger charge is 2.27. The van der Waals surface area contributed by atoms with Gasteiger partial charge in [-0.15, -0.1) is 10.2 Å². The molecule has 1 saturated heterocycles. The molecule has 0 saturated carbocycles. The smallest absolute Gasteiger partial charge is 0.259 e. The second kappa shape index (κ2) is 6.52. The molecule has 1 aromatic carbocycles. The maximum absolute atomic E-state index is 13.5. The fourth-order valence-electron chi connectivity index (χ4n) is 2.42. The molecule has 1 fully saturated rings. The summed E-state index contributed by atoms with van der Waals surface area (Å²) in [6.07, 6.45) is 0.524. The molecule has 3 rings (SSSR count). The van der Waals surface area contributed by atoms with Gasteiger partial charge in [0.05, 0.1) is 17.1 Å². The van der Waals surface area contributed by atoms with Gasteiger partial charge in [0.2, 0.25) is 0 Å². The Balaban J connectivity index is 1.63. The van der Waals surface area contributed by atoms with Gasteiger partial charge in [0.25, 0.3) is 5.91 Å². The van der Waals surface area contributed by atoms with Crippen LogP contribution in [0.2, 0.25) is 0 Å². The van der Waals surface area contributed by atoms with E-state index in [1.54, 1.807) is 12.1 Å². The summed E-state index contributed by atoms with van der Waals surface area (Å²) in [5, 5.41) is 13.2. The van der Waals surface area contributed by atoms with Crippen LogP contribution in [0.15, 0.2) is 36.4 Å². The number of amides is 1. The van der Waals surface area contributed by atoms with E-state index in [4.69, 9.17) is 0 Å². The molecule has 0 spiro atoms. The van der Waals surface area contributed by atoms with Gasteiger partial charge in [-0.3, -0.25) is 4.79 Å². The molecule has 2 N–H and O–H groups in total. The zero-order valence-corrected chi connectivity index (χ0v) is 13.4. The van der Waals surface area contributed by atoms with Crippen molar-refractivity contribution >= 4 is 27.4 Å². The zero-order chi connectivity index (χ0) is 17.2. The van der Waals surface area contributed by atoms with E-state index < -0.39 is 21.6 Å². The molecule has 1 aliphatic rings. The standard InChI is InChI=1S/C15H15FN4O3S/c16-12-4-2-1-3-11(12)15(21)18-14-6-5-13(19-20-14)17-10-7-8-24(22,23)9-10/h1-6,10H,7-9H2,(H,17,19)(H,18,20,21). The SMILES string of the molecule is O=C(Nc1ccc(NC2CCS(=O)(=O)C2)nn1)c1ccccc1F. The molecule has 1 atom stereocenters. The van der Waals surface area contributed by atoms with E-state index in [1.165, 1.54) is 24.3 Å². The van der Waals surface area contributed by atoms with Crippen LogP contribution in [-0.2, 0) is 9.84 Å². The molecule has 0 radical (unpaired) electrons. The van der Waals surface area contributed by atoms with Gasteiger partial charge in [-0.05, 0) is 30.7 Å². The first kappa shape index (κ1) is 16.3. The zero-order valence-electron chi connectivity index (χ0n) is 12.6. The molecular formula is C15H15FN4O3S. The molecule has 24 heavy (non-hydrogen) atoms. The van der Waals surface area contributed by atoms with Crippen LogP contribution in [0.1, 0.15) is 16.8 Å². The lowest BCUT2D eigenvalue weighted by Crippen LogP contribution is -2.21. The van der Waals surface area contributed by atoms with Crippen molar-refractivity contribution in [3.05, 3.63) is 47.8 Å². The number of aromatic nitrogens is 2. The average Bonchev–Trinajstić information content (AvgIpc) is 2.88. The third-order valence-electron chi connectivity index (χ3n) is 3.61. The van der Waals surface area contributed by atoms with Crippen LogP contribution in [-0.4, -0.2) is 42.1 Å². The minimum Gasteiger partial charge on any atom is -0.365 e. The minimum atomic E-state index is -2.98. The highest BCUT2D eigenvalue weighted by atomic mass is 32.2.